The minimum absolute atomic E-state index is 0.0124. The van der Waals surface area contributed by atoms with Gasteiger partial charge >= 0.3 is 0 Å². The number of hydrogen-bond donors (Lipinski definition) is 1. The van der Waals surface area contributed by atoms with E-state index in [1.54, 1.807) is 0 Å². The van der Waals surface area contributed by atoms with Crippen molar-refractivity contribution in [2.24, 2.45) is 0 Å². The highest BCUT2D eigenvalue weighted by molar-refractivity contribution is 5.94. The molecule has 132 valence electrons. The quantitative estimate of drug-likeness (QED) is 0.891. The average Bonchev–Trinajstić information content (AvgIpc) is 2.61. The molecule has 1 amide bonds. The van der Waals surface area contributed by atoms with Crippen molar-refractivity contribution in [1.82, 2.24) is 10.2 Å². The molecular formula is C22H28N2O. The first-order valence-electron chi connectivity index (χ1n) is 9.19. The number of fused-ring (bicyclic) bond motifs is 1. The molecule has 0 spiro atoms. The zero-order chi connectivity index (χ0) is 17.8. The minimum atomic E-state index is -0.0124. The lowest BCUT2D eigenvalue weighted by Gasteiger charge is -2.20. The van der Waals surface area contributed by atoms with Gasteiger partial charge in [-0.3, -0.25) is 4.79 Å². The SMILES string of the molecule is C[C@@H](NC(=O)c1ccc(CN(C)C)cc1)c1ccc2c(c1)CCCC2. The van der Waals surface area contributed by atoms with E-state index in [0.29, 0.717) is 5.56 Å². The zero-order valence-electron chi connectivity index (χ0n) is 15.5. The summed E-state index contributed by atoms with van der Waals surface area (Å²) >= 11 is 0. The molecule has 0 saturated heterocycles. The van der Waals surface area contributed by atoms with Crippen LogP contribution in [0.25, 0.3) is 0 Å². The summed E-state index contributed by atoms with van der Waals surface area (Å²) in [5.74, 6) is -0.0124. The van der Waals surface area contributed by atoms with Crippen molar-refractivity contribution in [2.75, 3.05) is 14.1 Å². The van der Waals surface area contributed by atoms with Gasteiger partial charge in [-0.1, -0.05) is 30.3 Å². The van der Waals surface area contributed by atoms with Gasteiger partial charge < -0.3 is 10.2 Å². The molecule has 1 aliphatic rings. The second-order valence-electron chi connectivity index (χ2n) is 7.37. The van der Waals surface area contributed by atoms with E-state index in [2.05, 4.69) is 35.3 Å². The van der Waals surface area contributed by atoms with Gasteiger partial charge in [0.2, 0.25) is 0 Å². The smallest absolute Gasteiger partial charge is 0.251 e. The first-order chi connectivity index (χ1) is 12.0. The minimum Gasteiger partial charge on any atom is -0.346 e. The number of carbonyl (C=O) groups excluding carboxylic acids is 1. The number of nitrogens with zero attached hydrogens (tertiary/aromatic N) is 1. The molecule has 0 fully saturated rings. The van der Waals surface area contributed by atoms with E-state index in [1.807, 2.05) is 38.4 Å². The fourth-order valence-corrected chi connectivity index (χ4v) is 3.51. The summed E-state index contributed by atoms with van der Waals surface area (Å²) in [6.07, 6.45) is 4.92. The Labute approximate surface area is 151 Å². The van der Waals surface area contributed by atoms with Gasteiger partial charge in [0.25, 0.3) is 5.91 Å². The zero-order valence-corrected chi connectivity index (χ0v) is 15.5. The first-order valence-corrected chi connectivity index (χ1v) is 9.19. The monoisotopic (exact) mass is 336 g/mol. The highest BCUT2D eigenvalue weighted by Gasteiger charge is 2.15. The number of nitrogens with one attached hydrogen (secondary N) is 1. The Bertz CT molecular complexity index is 734. The largest absolute Gasteiger partial charge is 0.346 e. The summed E-state index contributed by atoms with van der Waals surface area (Å²) in [7, 11) is 4.09. The van der Waals surface area contributed by atoms with E-state index in [4.69, 9.17) is 0 Å². The van der Waals surface area contributed by atoms with Crippen molar-refractivity contribution in [3.8, 4) is 0 Å². The Kier molecular flexibility index (Phi) is 5.54. The van der Waals surface area contributed by atoms with Crippen LogP contribution in [0.4, 0.5) is 0 Å². The molecule has 0 bridgehead atoms. The Hall–Kier alpha value is -2.13. The van der Waals surface area contributed by atoms with E-state index >= 15 is 0 Å². The Morgan fingerprint density at radius 1 is 1.04 bits per heavy atom. The predicted octanol–water partition coefficient (Wildman–Crippen LogP) is 4.12. The lowest BCUT2D eigenvalue weighted by molar-refractivity contribution is 0.0940. The van der Waals surface area contributed by atoms with Gasteiger partial charge in [0.05, 0.1) is 6.04 Å². The lowest BCUT2D eigenvalue weighted by atomic mass is 9.89. The van der Waals surface area contributed by atoms with E-state index in [1.165, 1.54) is 41.5 Å². The standard InChI is InChI=1S/C22H28N2O/c1-16(20-13-12-18-6-4-5-7-21(18)14-20)23-22(25)19-10-8-17(9-11-19)15-24(2)3/h8-14,16H,4-7,15H2,1-3H3,(H,23,25)/t16-/m1/s1. The molecule has 1 N–H and O–H groups in total. The molecule has 3 heteroatoms. The van der Waals surface area contributed by atoms with Crippen LogP contribution in [-0.2, 0) is 19.4 Å². The molecule has 0 unspecified atom stereocenters. The number of hydrogen-bond acceptors (Lipinski definition) is 2. The molecule has 0 aromatic heterocycles. The van der Waals surface area contributed by atoms with Gasteiger partial charge in [0.1, 0.15) is 0 Å². The molecular weight excluding hydrogens is 308 g/mol. The molecule has 1 aliphatic carbocycles. The van der Waals surface area contributed by atoms with Gasteiger partial charge in [-0.15, -0.1) is 0 Å². The lowest BCUT2D eigenvalue weighted by Crippen LogP contribution is -2.26. The number of carbonyl (C=O) groups is 1. The molecule has 3 rings (SSSR count). The normalized spacial score (nSPS) is 14.9. The summed E-state index contributed by atoms with van der Waals surface area (Å²) in [6.45, 7) is 2.94. The van der Waals surface area contributed by atoms with Crippen LogP contribution in [0.2, 0.25) is 0 Å². The summed E-state index contributed by atoms with van der Waals surface area (Å²) in [4.78, 5) is 14.6. The Morgan fingerprint density at radius 2 is 1.72 bits per heavy atom. The maximum atomic E-state index is 12.5. The fraction of sp³-hybridized carbons (Fsp3) is 0.409. The van der Waals surface area contributed by atoms with Crippen molar-refractivity contribution >= 4 is 5.91 Å². The molecule has 25 heavy (non-hydrogen) atoms. The molecule has 0 radical (unpaired) electrons. The summed E-state index contributed by atoms with van der Waals surface area (Å²) in [5, 5.41) is 3.13. The molecule has 3 nitrogen and oxygen atoms in total. The van der Waals surface area contributed by atoms with Gasteiger partial charge in [-0.25, -0.2) is 0 Å². The highest BCUT2D eigenvalue weighted by atomic mass is 16.1. The third-order valence-corrected chi connectivity index (χ3v) is 4.94. The van der Waals surface area contributed by atoms with Crippen LogP contribution in [0, 0.1) is 0 Å². The maximum absolute atomic E-state index is 12.5. The van der Waals surface area contributed by atoms with Gasteiger partial charge in [0.15, 0.2) is 0 Å². The average molecular weight is 336 g/mol. The second-order valence-corrected chi connectivity index (χ2v) is 7.37. The Morgan fingerprint density at radius 3 is 2.40 bits per heavy atom. The van der Waals surface area contributed by atoms with Crippen LogP contribution in [0.1, 0.15) is 58.4 Å². The third-order valence-electron chi connectivity index (χ3n) is 4.94. The summed E-state index contributed by atoms with van der Waals surface area (Å²) in [5.41, 5.74) is 6.05. The maximum Gasteiger partial charge on any atom is 0.251 e. The van der Waals surface area contributed by atoms with Gasteiger partial charge in [0, 0.05) is 12.1 Å². The Balaban J connectivity index is 1.66. The van der Waals surface area contributed by atoms with E-state index in [-0.39, 0.29) is 11.9 Å². The third kappa shape index (κ3) is 4.49. The molecule has 1 atom stereocenters. The van der Waals surface area contributed by atoms with Crippen LogP contribution >= 0.6 is 0 Å². The summed E-state index contributed by atoms with van der Waals surface area (Å²) < 4.78 is 0. The molecule has 0 heterocycles. The molecule has 0 saturated carbocycles. The van der Waals surface area contributed by atoms with Crippen molar-refractivity contribution in [3.63, 3.8) is 0 Å². The topological polar surface area (TPSA) is 32.3 Å². The van der Waals surface area contributed by atoms with Crippen LogP contribution in [0.15, 0.2) is 42.5 Å². The first kappa shape index (κ1) is 17.7. The van der Waals surface area contributed by atoms with Crippen molar-refractivity contribution in [2.45, 2.75) is 45.2 Å². The van der Waals surface area contributed by atoms with E-state index in [9.17, 15) is 4.79 Å². The van der Waals surface area contributed by atoms with Crippen LogP contribution < -0.4 is 5.32 Å². The van der Waals surface area contributed by atoms with Crippen LogP contribution in [-0.4, -0.2) is 24.9 Å². The molecule has 2 aromatic carbocycles. The fourth-order valence-electron chi connectivity index (χ4n) is 3.51. The molecule has 0 aliphatic heterocycles. The van der Waals surface area contributed by atoms with Crippen molar-refractivity contribution in [1.29, 1.82) is 0 Å². The number of amides is 1. The highest BCUT2D eigenvalue weighted by Crippen LogP contribution is 2.25. The van der Waals surface area contributed by atoms with Crippen LogP contribution in [0.3, 0.4) is 0 Å². The number of aryl methyl sites for hydroxylation is 2. The van der Waals surface area contributed by atoms with E-state index in [0.717, 1.165) is 13.0 Å². The van der Waals surface area contributed by atoms with Crippen LogP contribution in [0.5, 0.6) is 0 Å². The second kappa shape index (κ2) is 7.83. The summed E-state index contributed by atoms with van der Waals surface area (Å²) in [6, 6.07) is 14.6. The number of benzene rings is 2. The van der Waals surface area contributed by atoms with E-state index < -0.39 is 0 Å². The number of rotatable bonds is 5. The van der Waals surface area contributed by atoms with Gasteiger partial charge in [-0.05, 0) is 81.1 Å². The predicted molar refractivity (Wildman–Crippen MR) is 103 cm³/mol. The van der Waals surface area contributed by atoms with Gasteiger partial charge in [-0.2, -0.15) is 0 Å². The molecule has 2 aromatic rings. The van der Waals surface area contributed by atoms with Crippen molar-refractivity contribution in [3.05, 3.63) is 70.3 Å². The van der Waals surface area contributed by atoms with Crippen molar-refractivity contribution < 1.29 is 4.79 Å².